The van der Waals surface area contributed by atoms with E-state index in [2.05, 4.69) is 15.8 Å². The fourth-order valence-electron chi connectivity index (χ4n) is 0.725. The van der Waals surface area contributed by atoms with E-state index in [4.69, 9.17) is 4.74 Å². The molecule has 1 rings (SSSR count). The van der Waals surface area contributed by atoms with Crippen LogP contribution in [0.1, 0.15) is 0 Å². The minimum Gasteiger partial charge on any atom is -0.374 e. The zero-order valence-electron chi connectivity index (χ0n) is 5.70. The van der Waals surface area contributed by atoms with Crippen molar-refractivity contribution in [2.24, 2.45) is 5.73 Å². The number of carbonyl (C=O) groups is 2. The third-order valence-corrected chi connectivity index (χ3v) is 1.18. The fraction of sp³-hybridized carbons (Fsp3) is 0.600. The summed E-state index contributed by atoms with van der Waals surface area (Å²) in [5, 5.41) is 2.75. The van der Waals surface area contributed by atoms with Gasteiger partial charge in [0.25, 0.3) is 0 Å². The van der Waals surface area contributed by atoms with Crippen molar-refractivity contribution in [1.29, 1.82) is 0 Å². The molecule has 0 saturated carbocycles. The Labute approximate surface area is 62.6 Å². The van der Waals surface area contributed by atoms with E-state index in [1.807, 2.05) is 0 Å². The predicted molar refractivity (Wildman–Crippen MR) is 33.4 cm³/mol. The van der Waals surface area contributed by atoms with Crippen LogP contribution < -0.4 is 11.1 Å². The lowest BCUT2D eigenvalue weighted by Crippen LogP contribution is -2.30. The highest BCUT2D eigenvalue weighted by molar-refractivity contribution is 5.86. The maximum atomic E-state index is 10.8. The SMILES string of the molecule is NC(=O)OC(=O)C1CNCO1. The number of ether oxygens (including phenoxy) is 2. The summed E-state index contributed by atoms with van der Waals surface area (Å²) in [5.74, 6) is -0.748. The van der Waals surface area contributed by atoms with Gasteiger partial charge in [-0.2, -0.15) is 0 Å². The topological polar surface area (TPSA) is 90.7 Å². The summed E-state index contributed by atoms with van der Waals surface area (Å²) in [6.45, 7) is 0.643. The lowest BCUT2D eigenvalue weighted by molar-refractivity contribution is -0.146. The maximum absolute atomic E-state index is 10.8. The Hall–Kier alpha value is -1.14. The Kier molecular flexibility index (Phi) is 2.40. The van der Waals surface area contributed by atoms with Crippen LogP contribution in [0.3, 0.4) is 0 Å². The van der Waals surface area contributed by atoms with Crippen molar-refractivity contribution in [3.05, 3.63) is 0 Å². The van der Waals surface area contributed by atoms with Gasteiger partial charge in [-0.1, -0.05) is 0 Å². The fourth-order valence-corrected chi connectivity index (χ4v) is 0.725. The van der Waals surface area contributed by atoms with Gasteiger partial charge in [-0.3, -0.25) is 5.32 Å². The smallest absolute Gasteiger partial charge is 0.374 e. The number of carbonyl (C=O) groups excluding carboxylic acids is 2. The predicted octanol–water partition coefficient (Wildman–Crippen LogP) is -1.45. The van der Waals surface area contributed by atoms with Crippen molar-refractivity contribution >= 4 is 12.1 Å². The number of rotatable bonds is 1. The van der Waals surface area contributed by atoms with Gasteiger partial charge < -0.3 is 15.2 Å². The molecule has 0 radical (unpaired) electrons. The van der Waals surface area contributed by atoms with E-state index in [1.54, 1.807) is 0 Å². The molecule has 6 nitrogen and oxygen atoms in total. The Morgan fingerprint density at radius 3 is 2.82 bits per heavy atom. The van der Waals surface area contributed by atoms with Gasteiger partial charge in [0.15, 0.2) is 6.10 Å². The highest BCUT2D eigenvalue weighted by Gasteiger charge is 2.25. The Balaban J connectivity index is 2.34. The van der Waals surface area contributed by atoms with Gasteiger partial charge in [-0.15, -0.1) is 0 Å². The van der Waals surface area contributed by atoms with E-state index < -0.39 is 18.2 Å². The van der Waals surface area contributed by atoms with E-state index in [0.29, 0.717) is 13.3 Å². The highest BCUT2D eigenvalue weighted by atomic mass is 16.6. The van der Waals surface area contributed by atoms with Crippen LogP contribution in [0.5, 0.6) is 0 Å². The van der Waals surface area contributed by atoms with Crippen LogP contribution in [0.4, 0.5) is 4.79 Å². The standard InChI is InChI=1S/C5H8N2O4/c6-5(9)11-4(8)3-1-7-2-10-3/h3,7H,1-2H2,(H2,6,9). The van der Waals surface area contributed by atoms with E-state index in [1.165, 1.54) is 0 Å². The zero-order valence-corrected chi connectivity index (χ0v) is 5.70. The molecular formula is C5H8N2O4. The first-order valence-electron chi connectivity index (χ1n) is 3.03. The molecule has 0 aliphatic carbocycles. The summed E-state index contributed by atoms with van der Waals surface area (Å²) in [6.07, 6.45) is -1.81. The van der Waals surface area contributed by atoms with Gasteiger partial charge >= 0.3 is 12.1 Å². The number of hydrogen-bond acceptors (Lipinski definition) is 5. The molecule has 62 valence electrons. The summed E-state index contributed by atoms with van der Waals surface area (Å²) in [7, 11) is 0. The number of amides is 1. The molecule has 1 atom stereocenters. The van der Waals surface area contributed by atoms with Crippen LogP contribution in [-0.4, -0.2) is 31.4 Å². The summed E-state index contributed by atoms with van der Waals surface area (Å²) in [5.41, 5.74) is 4.60. The molecule has 1 aliphatic heterocycles. The van der Waals surface area contributed by atoms with Crippen molar-refractivity contribution in [2.75, 3.05) is 13.3 Å². The molecule has 1 saturated heterocycles. The van der Waals surface area contributed by atoms with Crippen molar-refractivity contribution in [1.82, 2.24) is 5.32 Å². The van der Waals surface area contributed by atoms with E-state index >= 15 is 0 Å². The van der Waals surface area contributed by atoms with Crippen molar-refractivity contribution < 1.29 is 19.1 Å². The Morgan fingerprint density at radius 1 is 1.64 bits per heavy atom. The molecule has 1 aliphatic rings. The van der Waals surface area contributed by atoms with Gasteiger partial charge in [0.1, 0.15) is 0 Å². The summed E-state index contributed by atoms with van der Waals surface area (Å²) in [6, 6.07) is 0. The minimum absolute atomic E-state index is 0.290. The van der Waals surface area contributed by atoms with Crippen LogP contribution in [0.25, 0.3) is 0 Å². The molecular weight excluding hydrogens is 152 g/mol. The van der Waals surface area contributed by atoms with Crippen LogP contribution >= 0.6 is 0 Å². The molecule has 1 heterocycles. The molecule has 1 fully saturated rings. The molecule has 0 aromatic rings. The molecule has 1 amide bonds. The quantitative estimate of drug-likeness (QED) is 0.362. The summed E-state index contributed by atoms with van der Waals surface area (Å²) >= 11 is 0. The molecule has 6 heteroatoms. The average Bonchev–Trinajstić information content (AvgIpc) is 2.35. The van der Waals surface area contributed by atoms with Crippen LogP contribution in [0.15, 0.2) is 0 Å². The van der Waals surface area contributed by atoms with Gasteiger partial charge in [-0.25, -0.2) is 9.59 Å². The van der Waals surface area contributed by atoms with Crippen molar-refractivity contribution in [3.8, 4) is 0 Å². The van der Waals surface area contributed by atoms with Gasteiger partial charge in [0.2, 0.25) is 0 Å². The normalized spacial score (nSPS) is 23.1. The number of esters is 1. The minimum atomic E-state index is -1.11. The first-order valence-corrected chi connectivity index (χ1v) is 3.03. The summed E-state index contributed by atoms with van der Waals surface area (Å²) < 4.78 is 8.89. The Morgan fingerprint density at radius 2 is 2.36 bits per heavy atom. The molecule has 1 unspecified atom stereocenters. The van der Waals surface area contributed by atoms with E-state index in [0.717, 1.165) is 0 Å². The molecule has 0 spiro atoms. The zero-order chi connectivity index (χ0) is 8.27. The van der Waals surface area contributed by atoms with Crippen molar-refractivity contribution in [2.45, 2.75) is 6.10 Å². The second-order valence-corrected chi connectivity index (χ2v) is 1.99. The van der Waals surface area contributed by atoms with Gasteiger partial charge in [-0.05, 0) is 0 Å². The maximum Gasteiger partial charge on any atom is 0.412 e. The van der Waals surface area contributed by atoms with Gasteiger partial charge in [0, 0.05) is 6.54 Å². The number of primary amides is 1. The number of hydrogen-bond donors (Lipinski definition) is 2. The second kappa shape index (κ2) is 3.31. The molecule has 0 aromatic carbocycles. The lowest BCUT2D eigenvalue weighted by atomic mass is 10.4. The Bertz CT molecular complexity index is 175. The lowest BCUT2D eigenvalue weighted by Gasteiger charge is -2.03. The number of nitrogens with one attached hydrogen (secondary N) is 1. The third-order valence-electron chi connectivity index (χ3n) is 1.18. The average molecular weight is 160 g/mol. The van der Waals surface area contributed by atoms with Crippen LogP contribution in [-0.2, 0) is 14.3 Å². The first kappa shape index (κ1) is 7.96. The molecule has 3 N–H and O–H groups in total. The van der Waals surface area contributed by atoms with E-state index in [9.17, 15) is 9.59 Å². The second-order valence-electron chi connectivity index (χ2n) is 1.99. The highest BCUT2D eigenvalue weighted by Crippen LogP contribution is 1.98. The van der Waals surface area contributed by atoms with Crippen LogP contribution in [0.2, 0.25) is 0 Å². The number of nitrogens with two attached hydrogens (primary N) is 1. The van der Waals surface area contributed by atoms with E-state index in [-0.39, 0.29) is 0 Å². The molecule has 0 aromatic heterocycles. The summed E-state index contributed by atoms with van der Waals surface area (Å²) in [4.78, 5) is 20.8. The first-order chi connectivity index (χ1) is 5.20. The van der Waals surface area contributed by atoms with Crippen LogP contribution in [0, 0.1) is 0 Å². The largest absolute Gasteiger partial charge is 0.412 e. The van der Waals surface area contributed by atoms with Gasteiger partial charge in [0.05, 0.1) is 6.73 Å². The third kappa shape index (κ3) is 2.17. The molecule has 11 heavy (non-hydrogen) atoms. The van der Waals surface area contributed by atoms with Crippen molar-refractivity contribution in [3.63, 3.8) is 0 Å². The molecule has 0 bridgehead atoms. The monoisotopic (exact) mass is 160 g/mol.